The summed E-state index contributed by atoms with van der Waals surface area (Å²) in [6.07, 6.45) is 0. The number of aromatic nitrogens is 1. The minimum atomic E-state index is -2.01. The molecule has 0 bridgehead atoms. The summed E-state index contributed by atoms with van der Waals surface area (Å²) in [6, 6.07) is 11.0. The van der Waals surface area contributed by atoms with Crippen LogP contribution >= 0.6 is 34.8 Å². The predicted octanol–water partition coefficient (Wildman–Crippen LogP) is 5.42. The van der Waals surface area contributed by atoms with Gasteiger partial charge in [-0.2, -0.15) is 0 Å². The molecule has 0 aliphatic heterocycles. The number of nitrogens with one attached hydrogen (secondary N) is 1. The molecule has 0 saturated carbocycles. The molecule has 24 heavy (non-hydrogen) atoms. The molecule has 7 heteroatoms. The molecule has 0 aliphatic carbocycles. The van der Waals surface area contributed by atoms with Gasteiger partial charge < -0.3 is 9.73 Å². The smallest absolute Gasteiger partial charge is 0.276 e. The van der Waals surface area contributed by atoms with Gasteiger partial charge >= 0.3 is 0 Å². The van der Waals surface area contributed by atoms with Crippen LogP contribution in [0.4, 0.5) is 5.69 Å². The maximum atomic E-state index is 11.6. The van der Waals surface area contributed by atoms with Crippen LogP contribution in [0, 0.1) is 13.8 Å². The molecule has 0 saturated heterocycles. The van der Waals surface area contributed by atoms with Crippen LogP contribution in [0.2, 0.25) is 0 Å². The monoisotopic (exact) mass is 382 g/mol. The number of nitrogens with zero attached hydrogens (tertiary/aromatic N) is 1. The highest BCUT2D eigenvalue weighted by atomic mass is 35.6. The number of benzene rings is 2. The number of amides is 1. The van der Waals surface area contributed by atoms with Crippen LogP contribution in [0.1, 0.15) is 11.1 Å². The van der Waals surface area contributed by atoms with Gasteiger partial charge in [0.15, 0.2) is 5.58 Å². The maximum absolute atomic E-state index is 11.6. The second-order valence-electron chi connectivity index (χ2n) is 5.48. The lowest BCUT2D eigenvalue weighted by molar-refractivity contribution is -0.115. The van der Waals surface area contributed by atoms with E-state index in [9.17, 15) is 4.79 Å². The van der Waals surface area contributed by atoms with Gasteiger partial charge in [0.25, 0.3) is 9.70 Å². The Labute approximate surface area is 153 Å². The zero-order valence-electron chi connectivity index (χ0n) is 12.9. The summed E-state index contributed by atoms with van der Waals surface area (Å²) in [5, 5.41) is 2.52. The molecule has 1 amide bonds. The molecule has 0 spiro atoms. The standard InChI is InChI=1S/C17H13Cl3N2O2/c1-9-7-10(2)14-13(8-9)22-15(24-14)11-3-5-12(6-4-11)21-16(23)17(18,19)20/h3-8H,1-2H3,(H,21,23). The normalized spacial score (nSPS) is 11.7. The van der Waals surface area contributed by atoms with E-state index in [-0.39, 0.29) is 0 Å². The molecule has 0 radical (unpaired) electrons. The van der Waals surface area contributed by atoms with Gasteiger partial charge in [-0.25, -0.2) is 4.98 Å². The summed E-state index contributed by atoms with van der Waals surface area (Å²) in [5.41, 5.74) is 5.05. The fraction of sp³-hybridized carbons (Fsp3) is 0.176. The van der Waals surface area contributed by atoms with Crippen LogP contribution in [-0.2, 0) is 4.79 Å². The molecule has 1 heterocycles. The van der Waals surface area contributed by atoms with Gasteiger partial charge in [0.05, 0.1) is 0 Å². The van der Waals surface area contributed by atoms with Gasteiger partial charge in [-0.15, -0.1) is 0 Å². The van der Waals surface area contributed by atoms with E-state index in [1.54, 1.807) is 24.3 Å². The van der Waals surface area contributed by atoms with Crippen molar-refractivity contribution in [3.05, 3.63) is 47.5 Å². The van der Waals surface area contributed by atoms with E-state index in [1.807, 2.05) is 26.0 Å². The molecule has 0 unspecified atom stereocenters. The van der Waals surface area contributed by atoms with Gasteiger partial charge in [0.2, 0.25) is 5.89 Å². The molecule has 0 fully saturated rings. The number of alkyl halides is 3. The second-order valence-corrected chi connectivity index (χ2v) is 7.76. The van der Waals surface area contributed by atoms with Gasteiger partial charge in [-0.3, -0.25) is 4.79 Å². The summed E-state index contributed by atoms with van der Waals surface area (Å²) in [6.45, 7) is 4.00. The number of aryl methyl sites for hydroxylation is 2. The molecular formula is C17H13Cl3N2O2. The first-order chi connectivity index (χ1) is 11.2. The van der Waals surface area contributed by atoms with Crippen molar-refractivity contribution in [2.45, 2.75) is 17.6 Å². The Kier molecular flexibility index (Phi) is 4.47. The van der Waals surface area contributed by atoms with Gasteiger partial charge in [-0.05, 0) is 55.3 Å². The van der Waals surface area contributed by atoms with Crippen molar-refractivity contribution in [2.24, 2.45) is 0 Å². The molecule has 3 rings (SSSR count). The molecule has 1 N–H and O–H groups in total. The summed E-state index contributed by atoms with van der Waals surface area (Å²) in [4.78, 5) is 16.2. The summed E-state index contributed by atoms with van der Waals surface area (Å²) in [5.74, 6) is -0.203. The van der Waals surface area contributed by atoms with Gasteiger partial charge in [0.1, 0.15) is 5.52 Å². The lowest BCUT2D eigenvalue weighted by Gasteiger charge is -2.11. The Morgan fingerprint density at radius 2 is 1.79 bits per heavy atom. The van der Waals surface area contributed by atoms with Crippen molar-refractivity contribution >= 4 is 57.5 Å². The van der Waals surface area contributed by atoms with E-state index >= 15 is 0 Å². The molecule has 3 aromatic rings. The number of hydrogen-bond acceptors (Lipinski definition) is 3. The number of rotatable bonds is 2. The lowest BCUT2D eigenvalue weighted by atomic mass is 10.1. The fourth-order valence-corrected chi connectivity index (χ4v) is 2.54. The fourth-order valence-electron chi connectivity index (χ4n) is 2.40. The number of anilines is 1. The first-order valence-electron chi connectivity index (χ1n) is 7.10. The molecule has 4 nitrogen and oxygen atoms in total. The Morgan fingerprint density at radius 1 is 1.12 bits per heavy atom. The van der Waals surface area contributed by atoms with E-state index in [2.05, 4.69) is 10.3 Å². The van der Waals surface area contributed by atoms with Crippen LogP contribution in [0.5, 0.6) is 0 Å². The third kappa shape index (κ3) is 3.51. The van der Waals surface area contributed by atoms with Crippen LogP contribution in [-0.4, -0.2) is 14.7 Å². The van der Waals surface area contributed by atoms with E-state index in [0.29, 0.717) is 11.6 Å². The molecule has 2 aromatic carbocycles. The Bertz CT molecular complexity index is 912. The zero-order valence-corrected chi connectivity index (χ0v) is 15.1. The first kappa shape index (κ1) is 17.1. The SMILES string of the molecule is Cc1cc(C)c2oc(-c3ccc(NC(=O)C(Cl)(Cl)Cl)cc3)nc2c1. The molecule has 0 aliphatic rings. The number of hydrogen-bond donors (Lipinski definition) is 1. The number of carbonyl (C=O) groups excluding carboxylic acids is 1. The van der Waals surface area contributed by atoms with E-state index in [0.717, 1.165) is 27.8 Å². The van der Waals surface area contributed by atoms with E-state index in [4.69, 9.17) is 39.2 Å². The first-order valence-corrected chi connectivity index (χ1v) is 8.24. The van der Waals surface area contributed by atoms with Crippen LogP contribution in [0.3, 0.4) is 0 Å². The molecule has 0 atom stereocenters. The van der Waals surface area contributed by atoms with Crippen LogP contribution in [0.15, 0.2) is 40.8 Å². The molecular weight excluding hydrogens is 371 g/mol. The third-order valence-corrected chi connectivity index (χ3v) is 3.98. The predicted molar refractivity (Wildman–Crippen MR) is 97.8 cm³/mol. The van der Waals surface area contributed by atoms with Crippen molar-refractivity contribution in [2.75, 3.05) is 5.32 Å². The molecule has 124 valence electrons. The average molecular weight is 384 g/mol. The van der Waals surface area contributed by atoms with Crippen molar-refractivity contribution in [1.82, 2.24) is 4.98 Å². The maximum Gasteiger partial charge on any atom is 0.276 e. The number of halogens is 3. The quantitative estimate of drug-likeness (QED) is 0.601. The van der Waals surface area contributed by atoms with E-state index < -0.39 is 9.70 Å². The van der Waals surface area contributed by atoms with Gasteiger partial charge in [-0.1, -0.05) is 40.9 Å². The largest absolute Gasteiger partial charge is 0.436 e. The Morgan fingerprint density at radius 3 is 2.42 bits per heavy atom. The van der Waals surface area contributed by atoms with Crippen molar-refractivity contribution < 1.29 is 9.21 Å². The third-order valence-electron chi connectivity index (χ3n) is 3.47. The highest BCUT2D eigenvalue weighted by Crippen LogP contribution is 2.30. The van der Waals surface area contributed by atoms with Crippen LogP contribution in [0.25, 0.3) is 22.6 Å². The van der Waals surface area contributed by atoms with Crippen molar-refractivity contribution in [1.29, 1.82) is 0 Å². The van der Waals surface area contributed by atoms with Crippen molar-refractivity contribution in [3.8, 4) is 11.5 Å². The Balaban J connectivity index is 1.88. The van der Waals surface area contributed by atoms with Gasteiger partial charge in [0, 0.05) is 11.3 Å². The van der Waals surface area contributed by atoms with Crippen LogP contribution < -0.4 is 5.32 Å². The summed E-state index contributed by atoms with van der Waals surface area (Å²) in [7, 11) is 0. The summed E-state index contributed by atoms with van der Waals surface area (Å²) < 4.78 is 3.85. The highest BCUT2D eigenvalue weighted by molar-refractivity contribution is 6.76. The second kappa shape index (κ2) is 6.28. The zero-order chi connectivity index (χ0) is 17.5. The Hall–Kier alpha value is -1.75. The topological polar surface area (TPSA) is 55.1 Å². The number of oxazole rings is 1. The minimum absolute atomic E-state index is 0.512. The van der Waals surface area contributed by atoms with Crippen molar-refractivity contribution in [3.63, 3.8) is 0 Å². The molecule has 1 aromatic heterocycles. The lowest BCUT2D eigenvalue weighted by Crippen LogP contribution is -2.26. The number of fused-ring (bicyclic) bond motifs is 1. The highest BCUT2D eigenvalue weighted by Gasteiger charge is 2.30. The average Bonchev–Trinajstić information content (AvgIpc) is 2.91. The summed E-state index contributed by atoms with van der Waals surface area (Å²) >= 11 is 16.6. The van der Waals surface area contributed by atoms with E-state index in [1.165, 1.54) is 0 Å². The minimum Gasteiger partial charge on any atom is -0.436 e. The number of carbonyl (C=O) groups is 1.